The van der Waals surface area contributed by atoms with Crippen LogP contribution in [0.15, 0.2) is 72.8 Å². The molecule has 3 aromatic carbocycles. The van der Waals surface area contributed by atoms with Gasteiger partial charge in [0.05, 0.1) is 56.3 Å². The van der Waals surface area contributed by atoms with Gasteiger partial charge in [-0.05, 0) is 97.5 Å². The lowest BCUT2D eigenvalue weighted by Gasteiger charge is -2.53. The SMILES string of the molecule is COc1ccc(C(=O)OC[C@@]23CC[C@H]4[C@@H]5O[C@H](C[C@H]5OC(=O)c5ccc(OC)cc5)[C@H]4[C@@H]2[C@H]2C[C@@H](OC(=O)c4ccc(OC)cc4)[C@@H]3O2)cc1. The topological polar surface area (TPSA) is 125 Å². The average molecular weight is 685 g/mol. The number of carbonyl (C=O) groups excluding carboxylic acids is 3. The highest BCUT2D eigenvalue weighted by Gasteiger charge is 2.73. The zero-order valence-electron chi connectivity index (χ0n) is 28.2. The predicted molar refractivity (Wildman–Crippen MR) is 176 cm³/mol. The van der Waals surface area contributed by atoms with E-state index in [2.05, 4.69) is 0 Å². The van der Waals surface area contributed by atoms with Crippen LogP contribution in [0.1, 0.15) is 56.8 Å². The highest BCUT2D eigenvalue weighted by atomic mass is 16.6. The number of methoxy groups -OCH3 is 3. The van der Waals surface area contributed by atoms with E-state index in [0.29, 0.717) is 53.2 Å². The second-order valence-corrected chi connectivity index (χ2v) is 13.9. The molecule has 262 valence electrons. The standard InChI is InChI=1S/C39H40O11/c1-43-24-10-4-21(5-11-24)36(40)46-20-39-17-16-27-32(28-18-30(34(27)47-28)49-37(41)22-6-12-25(44-2)13-7-22)33(39)29-19-31(35(39)48-29)50-38(42)23-8-14-26(45-3)15-9-23/h4-15,27-35H,16-20H2,1-3H3/t27-,28-,29-,30-,31-,32+,33+,34+,35+,39+/m1/s1. The van der Waals surface area contributed by atoms with E-state index >= 15 is 0 Å². The Morgan fingerprint density at radius 1 is 0.660 bits per heavy atom. The van der Waals surface area contributed by atoms with Crippen LogP contribution in [-0.2, 0) is 23.7 Å². The van der Waals surface area contributed by atoms with E-state index < -0.39 is 29.6 Å². The number of benzene rings is 3. The Bertz CT molecular complexity index is 1740. The molecule has 10 atom stereocenters. The van der Waals surface area contributed by atoms with Crippen molar-refractivity contribution < 1.29 is 52.3 Å². The molecule has 11 nitrogen and oxygen atoms in total. The van der Waals surface area contributed by atoms with Crippen molar-refractivity contribution in [3.63, 3.8) is 0 Å². The molecule has 0 aromatic heterocycles. The molecule has 4 bridgehead atoms. The third kappa shape index (κ3) is 5.47. The number of hydrogen-bond acceptors (Lipinski definition) is 11. The molecule has 1 aliphatic carbocycles. The first-order chi connectivity index (χ1) is 24.3. The number of rotatable bonds is 10. The van der Waals surface area contributed by atoms with Crippen LogP contribution in [0.25, 0.3) is 0 Å². The molecule has 1 saturated carbocycles. The Balaban J connectivity index is 1.01. The maximum absolute atomic E-state index is 13.3. The van der Waals surface area contributed by atoms with Gasteiger partial charge >= 0.3 is 17.9 Å². The number of carbonyl (C=O) groups is 3. The smallest absolute Gasteiger partial charge is 0.338 e. The van der Waals surface area contributed by atoms with Gasteiger partial charge in [-0.1, -0.05) is 0 Å². The van der Waals surface area contributed by atoms with Crippen molar-refractivity contribution in [2.75, 3.05) is 27.9 Å². The van der Waals surface area contributed by atoms with E-state index in [0.717, 1.165) is 6.42 Å². The summed E-state index contributed by atoms with van der Waals surface area (Å²) in [5, 5.41) is 0. The summed E-state index contributed by atoms with van der Waals surface area (Å²) in [5.74, 6) is 0.988. The van der Waals surface area contributed by atoms with Crippen LogP contribution in [0.4, 0.5) is 0 Å². The van der Waals surface area contributed by atoms with Gasteiger partial charge in [-0.15, -0.1) is 0 Å². The van der Waals surface area contributed by atoms with Crippen molar-refractivity contribution >= 4 is 17.9 Å². The van der Waals surface area contributed by atoms with Crippen molar-refractivity contribution in [1.82, 2.24) is 0 Å². The number of fused-ring (bicyclic) bond motifs is 11. The summed E-state index contributed by atoms with van der Waals surface area (Å²) >= 11 is 0. The van der Waals surface area contributed by atoms with Crippen LogP contribution in [0.2, 0.25) is 0 Å². The van der Waals surface area contributed by atoms with E-state index in [1.165, 1.54) is 0 Å². The lowest BCUT2D eigenvalue weighted by molar-refractivity contribution is -0.104. The van der Waals surface area contributed by atoms with Crippen molar-refractivity contribution in [2.45, 2.75) is 62.3 Å². The second kappa shape index (κ2) is 12.9. The fourth-order valence-corrected chi connectivity index (χ4v) is 9.39. The third-order valence-corrected chi connectivity index (χ3v) is 11.6. The molecule has 0 spiro atoms. The van der Waals surface area contributed by atoms with Crippen LogP contribution in [0.3, 0.4) is 0 Å². The third-order valence-electron chi connectivity index (χ3n) is 11.6. The highest BCUT2D eigenvalue weighted by Crippen LogP contribution is 2.67. The molecule has 11 heteroatoms. The normalized spacial score (nSPS) is 32.8. The minimum Gasteiger partial charge on any atom is -0.497 e. The molecule has 0 radical (unpaired) electrons. The predicted octanol–water partition coefficient (Wildman–Crippen LogP) is 5.29. The van der Waals surface area contributed by atoms with Crippen LogP contribution in [0.5, 0.6) is 17.2 Å². The van der Waals surface area contributed by atoms with Crippen molar-refractivity contribution in [3.8, 4) is 17.2 Å². The first-order valence-corrected chi connectivity index (χ1v) is 17.1. The quantitative estimate of drug-likeness (QED) is 0.204. The summed E-state index contributed by atoms with van der Waals surface area (Å²) in [6.45, 7) is 0.122. The summed E-state index contributed by atoms with van der Waals surface area (Å²) in [5.41, 5.74) is 0.720. The minimum atomic E-state index is -0.583. The lowest BCUT2D eigenvalue weighted by atomic mass is 9.50. The summed E-state index contributed by atoms with van der Waals surface area (Å²) in [4.78, 5) is 39.8. The Kier molecular flexibility index (Phi) is 8.43. The monoisotopic (exact) mass is 684 g/mol. The summed E-state index contributed by atoms with van der Waals surface area (Å²) < 4.78 is 47.2. The van der Waals surface area contributed by atoms with Crippen LogP contribution >= 0.6 is 0 Å². The van der Waals surface area contributed by atoms with E-state index in [-0.39, 0.29) is 54.7 Å². The molecule has 4 aliphatic heterocycles. The Hall–Kier alpha value is -4.61. The van der Waals surface area contributed by atoms with Gasteiger partial charge in [0.15, 0.2) is 0 Å². The minimum absolute atomic E-state index is 0.0131. The number of esters is 3. The molecule has 0 amide bonds. The summed E-state index contributed by atoms with van der Waals surface area (Å²) in [6.07, 6.45) is 0.702. The molecular weight excluding hydrogens is 644 g/mol. The maximum Gasteiger partial charge on any atom is 0.338 e. The molecule has 3 aromatic rings. The van der Waals surface area contributed by atoms with Crippen molar-refractivity contribution in [1.29, 1.82) is 0 Å². The van der Waals surface area contributed by atoms with Gasteiger partial charge in [0, 0.05) is 24.2 Å². The molecule has 4 heterocycles. The molecule has 5 fully saturated rings. The van der Waals surface area contributed by atoms with Gasteiger partial charge in [-0.25, -0.2) is 14.4 Å². The van der Waals surface area contributed by atoms with E-state index in [4.69, 9.17) is 37.9 Å². The van der Waals surface area contributed by atoms with E-state index in [1.807, 2.05) is 0 Å². The first-order valence-electron chi connectivity index (χ1n) is 17.1. The van der Waals surface area contributed by atoms with Gasteiger partial charge in [0.25, 0.3) is 0 Å². The molecule has 4 saturated heterocycles. The second-order valence-electron chi connectivity index (χ2n) is 13.9. The number of ether oxygens (including phenoxy) is 8. The van der Waals surface area contributed by atoms with Crippen LogP contribution in [-0.4, -0.2) is 82.5 Å². The largest absolute Gasteiger partial charge is 0.497 e. The zero-order chi connectivity index (χ0) is 34.6. The molecule has 50 heavy (non-hydrogen) atoms. The first kappa shape index (κ1) is 32.6. The number of hydrogen-bond donors (Lipinski definition) is 0. The molecule has 0 unspecified atom stereocenters. The maximum atomic E-state index is 13.3. The molecule has 5 aliphatic rings. The Morgan fingerprint density at radius 2 is 1.16 bits per heavy atom. The van der Waals surface area contributed by atoms with Crippen molar-refractivity contribution in [2.24, 2.45) is 23.2 Å². The van der Waals surface area contributed by atoms with Gasteiger partial charge in [-0.2, -0.15) is 0 Å². The van der Waals surface area contributed by atoms with Gasteiger partial charge < -0.3 is 37.9 Å². The van der Waals surface area contributed by atoms with E-state index in [1.54, 1.807) is 94.1 Å². The Morgan fingerprint density at radius 3 is 1.70 bits per heavy atom. The fourth-order valence-electron chi connectivity index (χ4n) is 9.39. The lowest BCUT2D eigenvalue weighted by Crippen LogP contribution is -2.59. The average Bonchev–Trinajstić information content (AvgIpc) is 3.93. The summed E-state index contributed by atoms with van der Waals surface area (Å²) in [7, 11) is 4.72. The molecule has 0 N–H and O–H groups in total. The van der Waals surface area contributed by atoms with Crippen LogP contribution in [0, 0.1) is 23.2 Å². The molecule has 8 rings (SSSR count). The van der Waals surface area contributed by atoms with E-state index in [9.17, 15) is 14.4 Å². The highest BCUT2D eigenvalue weighted by molar-refractivity contribution is 5.90. The van der Waals surface area contributed by atoms with Crippen LogP contribution < -0.4 is 14.2 Å². The van der Waals surface area contributed by atoms with Gasteiger partial charge in [-0.3, -0.25) is 0 Å². The van der Waals surface area contributed by atoms with Gasteiger partial charge in [0.1, 0.15) is 42.2 Å². The van der Waals surface area contributed by atoms with Crippen molar-refractivity contribution in [3.05, 3.63) is 89.5 Å². The Labute approximate surface area is 290 Å². The zero-order valence-corrected chi connectivity index (χ0v) is 28.2. The molecular formula is C39H40O11. The van der Waals surface area contributed by atoms with Gasteiger partial charge in [0.2, 0.25) is 0 Å². The summed E-state index contributed by atoms with van der Waals surface area (Å²) in [6, 6.07) is 20.5. The fraction of sp³-hybridized carbons (Fsp3) is 0.462.